The normalized spacial score (nSPS) is 18.5. The van der Waals surface area contributed by atoms with E-state index in [1.165, 1.54) is 10.5 Å². The van der Waals surface area contributed by atoms with Gasteiger partial charge in [-0.25, -0.2) is 0 Å². The van der Waals surface area contributed by atoms with Crippen LogP contribution < -0.4 is 0 Å². The molecule has 0 aromatic heterocycles. The van der Waals surface area contributed by atoms with Gasteiger partial charge in [0.25, 0.3) is 11.1 Å². The third-order valence-electron chi connectivity index (χ3n) is 3.54. The van der Waals surface area contributed by atoms with Crippen LogP contribution in [0, 0.1) is 0 Å². The van der Waals surface area contributed by atoms with Crippen LogP contribution in [0.3, 0.4) is 0 Å². The molecule has 1 aliphatic rings. The van der Waals surface area contributed by atoms with E-state index < -0.39 is 5.54 Å². The predicted molar refractivity (Wildman–Crippen MR) is 92.7 cm³/mol. The number of thioether (sulfide) groups is 1. The summed E-state index contributed by atoms with van der Waals surface area (Å²) in [5.41, 5.74) is 1.79. The minimum Gasteiger partial charge on any atom is -0.268 e. The van der Waals surface area contributed by atoms with Crippen molar-refractivity contribution in [2.24, 2.45) is 0 Å². The molecule has 22 heavy (non-hydrogen) atoms. The molecule has 0 bridgehead atoms. The van der Waals surface area contributed by atoms with Gasteiger partial charge >= 0.3 is 0 Å². The first kappa shape index (κ1) is 16.8. The molecule has 4 heteroatoms. The molecule has 0 saturated carbocycles. The second-order valence-electron chi connectivity index (χ2n) is 7.56. The summed E-state index contributed by atoms with van der Waals surface area (Å²) in [5.74, 6) is -0.206. The van der Waals surface area contributed by atoms with Gasteiger partial charge in [-0.1, -0.05) is 45.0 Å². The summed E-state index contributed by atoms with van der Waals surface area (Å²) < 4.78 is 0. The highest BCUT2D eigenvalue weighted by molar-refractivity contribution is 8.18. The van der Waals surface area contributed by atoms with E-state index in [-0.39, 0.29) is 16.6 Å². The smallest absolute Gasteiger partial charge is 0.268 e. The lowest BCUT2D eigenvalue weighted by molar-refractivity contribution is -0.125. The monoisotopic (exact) mass is 317 g/mol. The molecule has 2 amide bonds. The number of hydrogen-bond donors (Lipinski definition) is 0. The van der Waals surface area contributed by atoms with Crippen LogP contribution in [0.15, 0.2) is 29.2 Å². The van der Waals surface area contributed by atoms with Crippen molar-refractivity contribution in [2.45, 2.75) is 52.5 Å². The maximum atomic E-state index is 12.4. The van der Waals surface area contributed by atoms with Gasteiger partial charge in [0.1, 0.15) is 0 Å². The minimum atomic E-state index is -0.493. The Labute approximate surface area is 136 Å². The summed E-state index contributed by atoms with van der Waals surface area (Å²) >= 11 is 1.01. The van der Waals surface area contributed by atoms with Crippen LogP contribution in [-0.2, 0) is 10.2 Å². The van der Waals surface area contributed by atoms with Gasteiger partial charge in [-0.3, -0.25) is 14.5 Å². The second-order valence-corrected chi connectivity index (χ2v) is 8.55. The molecule has 1 aromatic carbocycles. The fraction of sp³-hybridized carbons (Fsp3) is 0.444. The summed E-state index contributed by atoms with van der Waals surface area (Å²) in [5, 5.41) is -0.199. The Morgan fingerprint density at radius 3 is 1.91 bits per heavy atom. The molecule has 0 unspecified atom stereocenters. The molecular formula is C18H23NO2S. The molecule has 118 valence electrons. The van der Waals surface area contributed by atoms with Crippen molar-refractivity contribution in [1.29, 1.82) is 0 Å². The van der Waals surface area contributed by atoms with Gasteiger partial charge in [0.2, 0.25) is 0 Å². The van der Waals surface area contributed by atoms with Gasteiger partial charge in [-0.15, -0.1) is 0 Å². The van der Waals surface area contributed by atoms with E-state index in [0.717, 1.165) is 17.3 Å². The Balaban J connectivity index is 2.28. The maximum Gasteiger partial charge on any atom is 0.294 e. The molecule has 1 heterocycles. The van der Waals surface area contributed by atoms with Crippen LogP contribution in [0.25, 0.3) is 6.08 Å². The average Bonchev–Trinajstić information content (AvgIpc) is 2.63. The summed E-state index contributed by atoms with van der Waals surface area (Å²) in [6.07, 6.45) is 1.79. The number of carbonyl (C=O) groups excluding carboxylic acids is 2. The first-order valence-electron chi connectivity index (χ1n) is 7.39. The standard InChI is InChI=1S/C18H23NO2S/c1-17(2,3)13-9-7-12(8-10-13)11-14-15(20)19(16(21)22-14)18(4,5)6/h7-11H,1-6H3/b14-11-. The van der Waals surface area contributed by atoms with Crippen LogP contribution in [-0.4, -0.2) is 21.6 Å². The molecule has 1 saturated heterocycles. The minimum absolute atomic E-state index is 0.0998. The second kappa shape index (κ2) is 5.58. The zero-order valence-electron chi connectivity index (χ0n) is 14.1. The SMILES string of the molecule is CC(C)(C)c1ccc(/C=C2\SC(=O)N(C(C)(C)C)C2=O)cc1. The molecule has 0 spiro atoms. The van der Waals surface area contributed by atoms with E-state index in [1.54, 1.807) is 6.08 Å². The zero-order valence-corrected chi connectivity index (χ0v) is 14.9. The molecule has 3 nitrogen and oxygen atoms in total. The van der Waals surface area contributed by atoms with Crippen LogP contribution in [0.1, 0.15) is 52.7 Å². The molecule has 2 rings (SSSR count). The Kier molecular flexibility index (Phi) is 4.26. The van der Waals surface area contributed by atoms with Gasteiger partial charge < -0.3 is 0 Å². The molecule has 1 aliphatic heterocycles. The van der Waals surface area contributed by atoms with E-state index in [4.69, 9.17) is 0 Å². The fourth-order valence-corrected chi connectivity index (χ4v) is 3.29. The van der Waals surface area contributed by atoms with Crippen molar-refractivity contribution in [3.05, 3.63) is 40.3 Å². The first-order chi connectivity index (χ1) is 10.00. The van der Waals surface area contributed by atoms with Gasteiger partial charge in [-0.2, -0.15) is 0 Å². The summed E-state index contributed by atoms with van der Waals surface area (Å²) in [7, 11) is 0. The third-order valence-corrected chi connectivity index (χ3v) is 4.41. The highest BCUT2D eigenvalue weighted by Gasteiger charge is 2.41. The maximum absolute atomic E-state index is 12.4. The number of amides is 2. The van der Waals surface area contributed by atoms with Crippen molar-refractivity contribution in [3.63, 3.8) is 0 Å². The van der Waals surface area contributed by atoms with Gasteiger partial charge in [0, 0.05) is 5.54 Å². The molecule has 1 fully saturated rings. The lowest BCUT2D eigenvalue weighted by Crippen LogP contribution is -2.44. The molecule has 0 atom stereocenters. The number of carbonyl (C=O) groups is 2. The topological polar surface area (TPSA) is 37.4 Å². The Hall–Kier alpha value is -1.55. The van der Waals surface area contributed by atoms with Crippen LogP contribution in [0.4, 0.5) is 4.79 Å². The van der Waals surface area contributed by atoms with E-state index in [0.29, 0.717) is 4.91 Å². The molecule has 1 aromatic rings. The lowest BCUT2D eigenvalue weighted by atomic mass is 9.87. The quantitative estimate of drug-likeness (QED) is 0.697. The fourth-order valence-electron chi connectivity index (χ4n) is 2.28. The highest BCUT2D eigenvalue weighted by Crippen LogP contribution is 2.36. The molecular weight excluding hydrogens is 294 g/mol. The number of nitrogens with zero attached hydrogens (tertiary/aromatic N) is 1. The number of rotatable bonds is 1. The molecule has 0 aliphatic carbocycles. The zero-order chi connectivity index (χ0) is 16.7. The third kappa shape index (κ3) is 3.43. The molecule has 0 radical (unpaired) electrons. The van der Waals surface area contributed by atoms with Crippen LogP contribution in [0.5, 0.6) is 0 Å². The van der Waals surface area contributed by atoms with Crippen LogP contribution >= 0.6 is 11.8 Å². The van der Waals surface area contributed by atoms with Gasteiger partial charge in [0.15, 0.2) is 0 Å². The Morgan fingerprint density at radius 1 is 0.955 bits per heavy atom. The number of hydrogen-bond acceptors (Lipinski definition) is 3. The number of imide groups is 1. The summed E-state index contributed by atoms with van der Waals surface area (Å²) in [6.45, 7) is 12.1. The van der Waals surface area contributed by atoms with Crippen molar-refractivity contribution in [1.82, 2.24) is 4.90 Å². The van der Waals surface area contributed by atoms with Gasteiger partial charge in [0.05, 0.1) is 4.91 Å². The first-order valence-corrected chi connectivity index (χ1v) is 8.20. The summed E-state index contributed by atoms with van der Waals surface area (Å²) in [6, 6.07) is 8.12. The average molecular weight is 317 g/mol. The Morgan fingerprint density at radius 2 is 1.50 bits per heavy atom. The van der Waals surface area contributed by atoms with E-state index in [9.17, 15) is 9.59 Å². The Bertz CT molecular complexity index is 631. The number of benzene rings is 1. The summed E-state index contributed by atoms with van der Waals surface area (Å²) in [4.78, 5) is 26.3. The van der Waals surface area contributed by atoms with Crippen molar-refractivity contribution in [3.8, 4) is 0 Å². The lowest BCUT2D eigenvalue weighted by Gasteiger charge is -2.28. The largest absolute Gasteiger partial charge is 0.294 e. The molecule has 0 N–H and O–H groups in total. The van der Waals surface area contributed by atoms with E-state index in [1.807, 2.05) is 32.9 Å². The van der Waals surface area contributed by atoms with Crippen molar-refractivity contribution in [2.75, 3.05) is 0 Å². The highest BCUT2D eigenvalue weighted by atomic mass is 32.2. The predicted octanol–water partition coefficient (Wildman–Crippen LogP) is 4.82. The van der Waals surface area contributed by atoms with Crippen LogP contribution in [0.2, 0.25) is 0 Å². The van der Waals surface area contributed by atoms with Gasteiger partial charge in [-0.05, 0) is 55.2 Å². The van der Waals surface area contributed by atoms with Crippen molar-refractivity contribution < 1.29 is 9.59 Å². The van der Waals surface area contributed by atoms with E-state index >= 15 is 0 Å². The van der Waals surface area contributed by atoms with E-state index in [2.05, 4.69) is 32.9 Å². The van der Waals surface area contributed by atoms with Crippen molar-refractivity contribution >= 4 is 29.0 Å².